The molecule has 1 spiro atoms. The molecule has 5 heteroatoms. The molecule has 1 aromatic carbocycles. The highest BCUT2D eigenvalue weighted by Crippen LogP contribution is 2.26. The van der Waals surface area contributed by atoms with Gasteiger partial charge in [-0.15, -0.1) is 0 Å². The van der Waals surface area contributed by atoms with Crippen molar-refractivity contribution in [2.24, 2.45) is 0 Å². The highest BCUT2D eigenvalue weighted by molar-refractivity contribution is 6.07. The summed E-state index contributed by atoms with van der Waals surface area (Å²) in [6.45, 7) is 5.83. The van der Waals surface area contributed by atoms with Gasteiger partial charge in [0.1, 0.15) is 5.54 Å². The molecule has 0 bridgehead atoms. The van der Waals surface area contributed by atoms with E-state index in [0.29, 0.717) is 19.5 Å². The van der Waals surface area contributed by atoms with Crippen LogP contribution in [0.5, 0.6) is 0 Å². The Morgan fingerprint density at radius 3 is 2.76 bits per heavy atom. The quantitative estimate of drug-likeness (QED) is 0.810. The van der Waals surface area contributed by atoms with E-state index >= 15 is 0 Å². The molecule has 0 radical (unpaired) electrons. The van der Waals surface area contributed by atoms with Gasteiger partial charge in [-0.05, 0) is 44.4 Å². The van der Waals surface area contributed by atoms with Gasteiger partial charge in [0.05, 0.1) is 6.54 Å². The molecule has 0 saturated carbocycles. The molecule has 0 aromatic heterocycles. The van der Waals surface area contributed by atoms with Gasteiger partial charge in [0.15, 0.2) is 0 Å². The SMILES string of the molecule is Cc1ccc(CN2C(=O)NC3(CCCNC3)C2=O)c(C)c1. The van der Waals surface area contributed by atoms with Crippen LogP contribution >= 0.6 is 0 Å². The maximum atomic E-state index is 12.7. The van der Waals surface area contributed by atoms with Crippen LogP contribution < -0.4 is 10.6 Å². The molecule has 0 aliphatic carbocycles. The van der Waals surface area contributed by atoms with E-state index in [1.807, 2.05) is 26.0 Å². The molecule has 1 aromatic rings. The number of rotatable bonds is 2. The molecular weight excluding hydrogens is 266 g/mol. The molecule has 3 rings (SSSR count). The minimum Gasteiger partial charge on any atom is -0.322 e. The van der Waals surface area contributed by atoms with Crippen molar-refractivity contribution in [3.8, 4) is 0 Å². The van der Waals surface area contributed by atoms with E-state index in [2.05, 4.69) is 16.7 Å². The normalized spacial score (nSPS) is 25.5. The van der Waals surface area contributed by atoms with Crippen LogP contribution in [-0.4, -0.2) is 35.5 Å². The van der Waals surface area contributed by atoms with Crippen LogP contribution in [-0.2, 0) is 11.3 Å². The van der Waals surface area contributed by atoms with Gasteiger partial charge < -0.3 is 10.6 Å². The van der Waals surface area contributed by atoms with E-state index in [1.165, 1.54) is 10.5 Å². The van der Waals surface area contributed by atoms with Gasteiger partial charge in [-0.1, -0.05) is 23.8 Å². The molecule has 5 nitrogen and oxygen atoms in total. The minimum atomic E-state index is -0.728. The van der Waals surface area contributed by atoms with Crippen molar-refractivity contribution in [1.29, 1.82) is 0 Å². The molecule has 2 aliphatic heterocycles. The Balaban J connectivity index is 1.82. The van der Waals surface area contributed by atoms with Crippen LogP contribution in [0.25, 0.3) is 0 Å². The number of piperidine rings is 1. The summed E-state index contributed by atoms with van der Waals surface area (Å²) in [5.74, 6) is -0.0975. The third-order valence-corrected chi connectivity index (χ3v) is 4.46. The van der Waals surface area contributed by atoms with E-state index in [-0.39, 0.29) is 11.9 Å². The molecule has 2 N–H and O–H groups in total. The van der Waals surface area contributed by atoms with Crippen molar-refractivity contribution in [3.05, 3.63) is 34.9 Å². The average molecular weight is 287 g/mol. The molecule has 2 saturated heterocycles. The summed E-state index contributed by atoms with van der Waals surface area (Å²) in [7, 11) is 0. The maximum absolute atomic E-state index is 12.7. The fourth-order valence-electron chi connectivity index (χ4n) is 3.21. The first-order valence-corrected chi connectivity index (χ1v) is 7.43. The van der Waals surface area contributed by atoms with Crippen LogP contribution in [0.15, 0.2) is 18.2 Å². The van der Waals surface area contributed by atoms with Crippen molar-refractivity contribution < 1.29 is 9.59 Å². The monoisotopic (exact) mass is 287 g/mol. The number of imide groups is 1. The molecule has 2 aliphatic rings. The summed E-state index contributed by atoms with van der Waals surface area (Å²) in [6.07, 6.45) is 1.62. The van der Waals surface area contributed by atoms with Crippen molar-refractivity contribution in [3.63, 3.8) is 0 Å². The van der Waals surface area contributed by atoms with Gasteiger partial charge in [-0.3, -0.25) is 9.69 Å². The molecule has 21 heavy (non-hydrogen) atoms. The summed E-state index contributed by atoms with van der Waals surface area (Å²) in [6, 6.07) is 5.81. The predicted octanol–water partition coefficient (Wildman–Crippen LogP) is 1.48. The molecule has 2 heterocycles. The number of nitrogens with one attached hydrogen (secondary N) is 2. The van der Waals surface area contributed by atoms with E-state index in [9.17, 15) is 9.59 Å². The standard InChI is InChI=1S/C16H21N3O2/c1-11-4-5-13(12(2)8-11)9-19-14(20)16(18-15(19)21)6-3-7-17-10-16/h4-5,8,17H,3,6-7,9-10H2,1-2H3,(H,18,21). The summed E-state index contributed by atoms with van der Waals surface area (Å²) < 4.78 is 0. The van der Waals surface area contributed by atoms with Gasteiger partial charge in [-0.2, -0.15) is 0 Å². The molecule has 2 fully saturated rings. The number of aryl methyl sites for hydroxylation is 2. The Morgan fingerprint density at radius 1 is 1.29 bits per heavy atom. The van der Waals surface area contributed by atoms with E-state index in [1.54, 1.807) is 0 Å². The Bertz CT molecular complexity index is 591. The summed E-state index contributed by atoms with van der Waals surface area (Å²) in [5.41, 5.74) is 2.58. The number of benzene rings is 1. The first kappa shape index (κ1) is 14.1. The number of amides is 3. The van der Waals surface area contributed by atoms with Crippen LogP contribution in [0, 0.1) is 13.8 Å². The molecule has 1 atom stereocenters. The van der Waals surface area contributed by atoms with Crippen molar-refractivity contribution in [1.82, 2.24) is 15.5 Å². The third kappa shape index (κ3) is 2.42. The summed E-state index contributed by atoms with van der Waals surface area (Å²) >= 11 is 0. The first-order valence-electron chi connectivity index (χ1n) is 7.43. The Hall–Kier alpha value is -1.88. The Kier molecular flexibility index (Phi) is 3.45. The molecule has 3 amide bonds. The van der Waals surface area contributed by atoms with Crippen LogP contribution in [0.1, 0.15) is 29.5 Å². The first-order chi connectivity index (χ1) is 10.0. The highest BCUT2D eigenvalue weighted by Gasteiger charge is 2.51. The Labute approximate surface area is 124 Å². The zero-order valence-electron chi connectivity index (χ0n) is 12.5. The lowest BCUT2D eigenvalue weighted by Gasteiger charge is -2.31. The second-order valence-corrected chi connectivity index (χ2v) is 6.11. The highest BCUT2D eigenvalue weighted by atomic mass is 16.2. The number of hydrogen-bond acceptors (Lipinski definition) is 3. The molecule has 112 valence electrons. The summed E-state index contributed by atoms with van der Waals surface area (Å²) in [4.78, 5) is 26.2. The fraction of sp³-hybridized carbons (Fsp3) is 0.500. The van der Waals surface area contributed by atoms with Gasteiger partial charge in [0.25, 0.3) is 5.91 Å². The molecular formula is C16H21N3O2. The smallest absolute Gasteiger partial charge is 0.322 e. The van der Waals surface area contributed by atoms with Crippen molar-refractivity contribution in [2.75, 3.05) is 13.1 Å². The van der Waals surface area contributed by atoms with E-state index in [4.69, 9.17) is 0 Å². The second-order valence-electron chi connectivity index (χ2n) is 6.11. The fourth-order valence-corrected chi connectivity index (χ4v) is 3.21. The maximum Gasteiger partial charge on any atom is 0.325 e. The molecule has 1 unspecified atom stereocenters. The second kappa shape index (κ2) is 5.15. The van der Waals surface area contributed by atoms with Gasteiger partial charge in [-0.25, -0.2) is 4.79 Å². The lowest BCUT2D eigenvalue weighted by Crippen LogP contribution is -2.57. The average Bonchev–Trinajstić information content (AvgIpc) is 2.67. The summed E-state index contributed by atoms with van der Waals surface area (Å²) in [5, 5.41) is 6.10. The van der Waals surface area contributed by atoms with Crippen molar-refractivity contribution in [2.45, 2.75) is 38.8 Å². The Morgan fingerprint density at radius 2 is 2.10 bits per heavy atom. The van der Waals surface area contributed by atoms with Gasteiger partial charge in [0.2, 0.25) is 0 Å². The zero-order valence-corrected chi connectivity index (χ0v) is 12.5. The van der Waals surface area contributed by atoms with Crippen molar-refractivity contribution >= 4 is 11.9 Å². The lowest BCUT2D eigenvalue weighted by atomic mass is 9.90. The predicted molar refractivity (Wildman–Crippen MR) is 79.8 cm³/mol. The van der Waals surface area contributed by atoms with Gasteiger partial charge >= 0.3 is 6.03 Å². The number of hydrogen-bond donors (Lipinski definition) is 2. The zero-order chi connectivity index (χ0) is 15.0. The van der Waals surface area contributed by atoms with Crippen LogP contribution in [0.3, 0.4) is 0 Å². The van der Waals surface area contributed by atoms with Gasteiger partial charge in [0, 0.05) is 6.54 Å². The number of carbonyl (C=O) groups excluding carboxylic acids is 2. The number of carbonyl (C=O) groups is 2. The number of nitrogens with zero attached hydrogens (tertiary/aromatic N) is 1. The largest absolute Gasteiger partial charge is 0.325 e. The lowest BCUT2D eigenvalue weighted by molar-refractivity contribution is -0.132. The third-order valence-electron chi connectivity index (χ3n) is 4.46. The van der Waals surface area contributed by atoms with Crippen LogP contribution in [0.4, 0.5) is 4.79 Å². The van der Waals surface area contributed by atoms with E-state index in [0.717, 1.165) is 24.1 Å². The minimum absolute atomic E-state index is 0.0975. The van der Waals surface area contributed by atoms with E-state index < -0.39 is 5.54 Å². The van der Waals surface area contributed by atoms with Crippen LogP contribution in [0.2, 0.25) is 0 Å². The topological polar surface area (TPSA) is 61.4 Å². The number of urea groups is 1.